The largest absolute Gasteiger partial charge is 0.464 e. The summed E-state index contributed by atoms with van der Waals surface area (Å²) in [5.41, 5.74) is 1.10. The smallest absolute Gasteiger partial charge is 0.334 e. The molecule has 1 aromatic carbocycles. The highest BCUT2D eigenvalue weighted by molar-refractivity contribution is 9.10. The zero-order valence-corrected chi connectivity index (χ0v) is 17.3. The van der Waals surface area contributed by atoms with Crippen LogP contribution in [-0.4, -0.2) is 36.1 Å². The molecule has 3 nitrogen and oxygen atoms in total. The van der Waals surface area contributed by atoms with Gasteiger partial charge in [0.2, 0.25) is 0 Å². The molecule has 0 bridgehead atoms. The van der Waals surface area contributed by atoms with Gasteiger partial charge < -0.3 is 4.74 Å². The molecule has 0 fully saturated rings. The maximum Gasteiger partial charge on any atom is 0.334 e. The van der Waals surface area contributed by atoms with Crippen molar-refractivity contribution in [2.24, 2.45) is 4.99 Å². The standard InChI is InChI=1S/C19H22BrCl2NO2/c1-4-25-18(24)19(9-14(2)11-21,10-15(3)12-22)23-13-16-5-7-17(20)8-6-16/h5-8,13H,2-4,9-12H2,1H3. The molecule has 136 valence electrons. The summed E-state index contributed by atoms with van der Waals surface area (Å²) in [5.74, 6) is 0.0471. The predicted molar refractivity (Wildman–Crippen MR) is 110 cm³/mol. The first kappa shape index (κ1) is 21.9. The average Bonchev–Trinajstić information content (AvgIpc) is 2.60. The van der Waals surface area contributed by atoms with Gasteiger partial charge in [-0.3, -0.25) is 4.99 Å². The Morgan fingerprint density at radius 2 is 1.72 bits per heavy atom. The average molecular weight is 447 g/mol. The van der Waals surface area contributed by atoms with Crippen LogP contribution in [0.5, 0.6) is 0 Å². The first-order valence-electron chi connectivity index (χ1n) is 7.80. The molecule has 0 radical (unpaired) electrons. The van der Waals surface area contributed by atoms with Crippen molar-refractivity contribution in [1.82, 2.24) is 0 Å². The SMILES string of the molecule is C=C(CCl)CC(CC(=C)CCl)(N=Cc1ccc(Br)cc1)C(=O)OCC. The molecule has 0 saturated heterocycles. The Hall–Kier alpha value is -1.10. The summed E-state index contributed by atoms with van der Waals surface area (Å²) in [6, 6.07) is 7.61. The minimum atomic E-state index is -1.17. The van der Waals surface area contributed by atoms with E-state index in [1.54, 1.807) is 13.1 Å². The highest BCUT2D eigenvalue weighted by Crippen LogP contribution is 2.31. The third-order valence-electron chi connectivity index (χ3n) is 3.45. The molecule has 0 saturated carbocycles. The lowest BCUT2D eigenvalue weighted by atomic mass is 9.86. The Kier molecular flexibility index (Phi) is 9.47. The molecule has 1 aromatic rings. The predicted octanol–water partition coefficient (Wildman–Crippen LogP) is 5.54. The van der Waals surface area contributed by atoms with Gasteiger partial charge in [-0.25, -0.2) is 4.79 Å². The summed E-state index contributed by atoms with van der Waals surface area (Å²) in [4.78, 5) is 17.3. The van der Waals surface area contributed by atoms with E-state index in [0.29, 0.717) is 11.1 Å². The monoisotopic (exact) mass is 445 g/mol. The van der Waals surface area contributed by atoms with Gasteiger partial charge in [0, 0.05) is 35.3 Å². The second kappa shape index (κ2) is 10.8. The number of esters is 1. The van der Waals surface area contributed by atoms with Crippen molar-refractivity contribution < 1.29 is 9.53 Å². The van der Waals surface area contributed by atoms with Crippen LogP contribution in [-0.2, 0) is 9.53 Å². The van der Waals surface area contributed by atoms with E-state index in [9.17, 15) is 4.79 Å². The van der Waals surface area contributed by atoms with Gasteiger partial charge in [-0.15, -0.1) is 23.2 Å². The second-order valence-electron chi connectivity index (χ2n) is 5.68. The summed E-state index contributed by atoms with van der Waals surface area (Å²) in [7, 11) is 0. The molecule has 0 spiro atoms. The van der Waals surface area contributed by atoms with Gasteiger partial charge in [-0.1, -0.05) is 52.4 Å². The van der Waals surface area contributed by atoms with Crippen LogP contribution in [0.2, 0.25) is 0 Å². The lowest BCUT2D eigenvalue weighted by Crippen LogP contribution is -2.40. The number of benzene rings is 1. The van der Waals surface area contributed by atoms with Crippen molar-refractivity contribution in [2.75, 3.05) is 18.4 Å². The van der Waals surface area contributed by atoms with Crippen molar-refractivity contribution in [1.29, 1.82) is 0 Å². The van der Waals surface area contributed by atoms with E-state index in [0.717, 1.165) is 10.0 Å². The number of rotatable bonds is 10. The lowest BCUT2D eigenvalue weighted by Gasteiger charge is -2.28. The minimum absolute atomic E-state index is 0.238. The van der Waals surface area contributed by atoms with Crippen LogP contribution in [0, 0.1) is 0 Å². The third-order valence-corrected chi connectivity index (χ3v) is 4.73. The van der Waals surface area contributed by atoms with Crippen molar-refractivity contribution in [3.63, 3.8) is 0 Å². The van der Waals surface area contributed by atoms with E-state index in [-0.39, 0.29) is 31.2 Å². The maximum absolute atomic E-state index is 12.7. The topological polar surface area (TPSA) is 38.7 Å². The highest BCUT2D eigenvalue weighted by atomic mass is 79.9. The van der Waals surface area contributed by atoms with E-state index in [2.05, 4.69) is 34.1 Å². The Balaban J connectivity index is 3.28. The van der Waals surface area contributed by atoms with Crippen LogP contribution >= 0.6 is 39.1 Å². The van der Waals surface area contributed by atoms with Crippen LogP contribution < -0.4 is 0 Å². The summed E-state index contributed by atoms with van der Waals surface area (Å²) in [6.45, 7) is 9.85. The van der Waals surface area contributed by atoms with Gasteiger partial charge in [0.1, 0.15) is 0 Å². The van der Waals surface area contributed by atoms with Gasteiger partial charge in [-0.05, 0) is 24.6 Å². The summed E-state index contributed by atoms with van der Waals surface area (Å²) < 4.78 is 6.24. The Morgan fingerprint density at radius 1 is 1.20 bits per heavy atom. The summed E-state index contributed by atoms with van der Waals surface area (Å²) >= 11 is 15.2. The van der Waals surface area contributed by atoms with Gasteiger partial charge in [0.25, 0.3) is 0 Å². The Bertz CT molecular complexity index is 623. The zero-order chi connectivity index (χ0) is 18.9. The zero-order valence-electron chi connectivity index (χ0n) is 14.2. The van der Waals surface area contributed by atoms with E-state index in [4.69, 9.17) is 27.9 Å². The summed E-state index contributed by atoms with van der Waals surface area (Å²) in [5, 5.41) is 0. The molecule has 25 heavy (non-hydrogen) atoms. The summed E-state index contributed by atoms with van der Waals surface area (Å²) in [6.07, 6.45) is 2.21. The number of nitrogens with zero attached hydrogens (tertiary/aromatic N) is 1. The molecular formula is C19H22BrCl2NO2. The van der Waals surface area contributed by atoms with Crippen molar-refractivity contribution in [2.45, 2.75) is 25.3 Å². The lowest BCUT2D eigenvalue weighted by molar-refractivity contribution is -0.149. The van der Waals surface area contributed by atoms with Crippen LogP contribution in [0.4, 0.5) is 0 Å². The number of alkyl halides is 2. The van der Waals surface area contributed by atoms with Gasteiger partial charge >= 0.3 is 5.97 Å². The van der Waals surface area contributed by atoms with E-state index in [1.165, 1.54) is 0 Å². The fourth-order valence-corrected chi connectivity index (χ4v) is 2.74. The van der Waals surface area contributed by atoms with Crippen LogP contribution in [0.15, 0.2) is 58.0 Å². The molecule has 0 aliphatic heterocycles. The van der Waals surface area contributed by atoms with Gasteiger partial charge in [0.05, 0.1) is 6.61 Å². The van der Waals surface area contributed by atoms with Crippen molar-refractivity contribution in [3.8, 4) is 0 Å². The Labute approximate surface area is 167 Å². The molecule has 0 unspecified atom stereocenters. The molecular weight excluding hydrogens is 425 g/mol. The fourth-order valence-electron chi connectivity index (χ4n) is 2.28. The molecule has 0 aliphatic rings. The van der Waals surface area contributed by atoms with Crippen molar-refractivity contribution >= 4 is 51.3 Å². The highest BCUT2D eigenvalue weighted by Gasteiger charge is 2.40. The van der Waals surface area contributed by atoms with Crippen LogP contribution in [0.25, 0.3) is 0 Å². The normalized spacial score (nSPS) is 11.5. The number of ether oxygens (including phenoxy) is 1. The fraction of sp³-hybridized carbons (Fsp3) is 0.368. The van der Waals surface area contributed by atoms with Crippen molar-refractivity contribution in [3.05, 3.63) is 58.6 Å². The number of halogens is 3. The van der Waals surface area contributed by atoms with E-state index >= 15 is 0 Å². The molecule has 6 heteroatoms. The number of carbonyl (C=O) groups is 1. The van der Waals surface area contributed by atoms with E-state index in [1.807, 2.05) is 24.3 Å². The number of aliphatic imine (C=N–C) groups is 1. The van der Waals surface area contributed by atoms with E-state index < -0.39 is 11.5 Å². The molecule has 0 N–H and O–H groups in total. The Morgan fingerprint density at radius 3 is 2.16 bits per heavy atom. The van der Waals surface area contributed by atoms with Gasteiger partial charge in [0.15, 0.2) is 5.54 Å². The molecule has 1 rings (SSSR count). The minimum Gasteiger partial charge on any atom is -0.464 e. The van der Waals surface area contributed by atoms with Crippen LogP contribution in [0.1, 0.15) is 25.3 Å². The molecule has 0 amide bonds. The van der Waals surface area contributed by atoms with Crippen LogP contribution in [0.3, 0.4) is 0 Å². The molecule has 0 aromatic heterocycles. The maximum atomic E-state index is 12.7. The number of carbonyl (C=O) groups excluding carboxylic acids is 1. The second-order valence-corrected chi connectivity index (χ2v) is 7.13. The first-order chi connectivity index (χ1) is 11.9. The number of hydrogen-bond acceptors (Lipinski definition) is 3. The third kappa shape index (κ3) is 6.96. The quantitative estimate of drug-likeness (QED) is 0.205. The molecule has 0 aliphatic carbocycles. The molecule has 0 atom stereocenters. The number of hydrogen-bond donors (Lipinski definition) is 0. The van der Waals surface area contributed by atoms with Gasteiger partial charge in [-0.2, -0.15) is 0 Å². The first-order valence-corrected chi connectivity index (χ1v) is 9.66. The molecule has 0 heterocycles.